The van der Waals surface area contributed by atoms with Crippen molar-refractivity contribution in [3.05, 3.63) is 23.3 Å². The minimum absolute atomic E-state index is 0.0191. The Hall–Kier alpha value is -1.11. The zero-order chi connectivity index (χ0) is 15.5. The molecule has 0 radical (unpaired) electrons. The molecule has 1 amide bonds. The second-order valence-corrected chi connectivity index (χ2v) is 7.34. The Kier molecular flexibility index (Phi) is 5.56. The van der Waals surface area contributed by atoms with Crippen molar-refractivity contribution in [3.63, 3.8) is 0 Å². The molecule has 0 fully saturated rings. The summed E-state index contributed by atoms with van der Waals surface area (Å²) in [7, 11) is 1.53. The quantitative estimate of drug-likeness (QED) is 0.847. The molecule has 0 aliphatic rings. The summed E-state index contributed by atoms with van der Waals surface area (Å²) in [5.74, 6) is -0.286. The van der Waals surface area contributed by atoms with Crippen molar-refractivity contribution in [2.45, 2.75) is 38.7 Å². The number of aryl methyl sites for hydroxylation is 2. The number of hydrogen-bond acceptors (Lipinski definition) is 4. The maximum atomic E-state index is 11.7. The van der Waals surface area contributed by atoms with Crippen LogP contribution in [0.4, 0.5) is 5.69 Å². The van der Waals surface area contributed by atoms with Crippen molar-refractivity contribution in [2.75, 3.05) is 11.9 Å². The molecule has 1 aromatic rings. The fourth-order valence-corrected chi connectivity index (χ4v) is 2.58. The van der Waals surface area contributed by atoms with E-state index < -0.39 is 9.05 Å². The third kappa shape index (κ3) is 4.77. The highest BCUT2D eigenvalue weighted by atomic mass is 35.7. The van der Waals surface area contributed by atoms with E-state index in [0.29, 0.717) is 16.8 Å². The Morgan fingerprint density at radius 3 is 2.20 bits per heavy atom. The third-order valence-corrected chi connectivity index (χ3v) is 3.93. The Labute approximate surface area is 123 Å². The van der Waals surface area contributed by atoms with Crippen LogP contribution in [0.2, 0.25) is 0 Å². The van der Waals surface area contributed by atoms with Gasteiger partial charge >= 0.3 is 0 Å². The van der Waals surface area contributed by atoms with E-state index in [1.54, 1.807) is 13.8 Å². The minimum Gasteiger partial charge on any atom is -0.369 e. The molecule has 0 bridgehead atoms. The maximum absolute atomic E-state index is 11.7. The van der Waals surface area contributed by atoms with Gasteiger partial charge in [-0.2, -0.15) is 0 Å². The predicted molar refractivity (Wildman–Crippen MR) is 78.7 cm³/mol. The highest BCUT2D eigenvalue weighted by Crippen LogP contribution is 2.26. The lowest BCUT2D eigenvalue weighted by molar-refractivity contribution is -0.121. The molecule has 7 heteroatoms. The molecule has 0 aliphatic heterocycles. The molecule has 1 rings (SSSR count). The van der Waals surface area contributed by atoms with E-state index in [9.17, 15) is 13.2 Å². The average Bonchev–Trinajstić information content (AvgIpc) is 2.29. The first kappa shape index (κ1) is 16.9. The number of nitrogens with one attached hydrogen (secondary N) is 1. The summed E-state index contributed by atoms with van der Waals surface area (Å²) >= 11 is 0. The molecule has 0 unspecified atom stereocenters. The molecule has 1 aromatic carbocycles. The first-order valence-corrected chi connectivity index (χ1v) is 8.39. The zero-order valence-corrected chi connectivity index (χ0v) is 13.4. The van der Waals surface area contributed by atoms with E-state index in [0.717, 1.165) is 0 Å². The zero-order valence-electron chi connectivity index (χ0n) is 11.9. The fourth-order valence-electron chi connectivity index (χ4n) is 1.68. The Bertz CT molecular complexity index is 588. The van der Waals surface area contributed by atoms with Crippen LogP contribution in [0.15, 0.2) is 17.0 Å². The summed E-state index contributed by atoms with van der Waals surface area (Å²) in [6.07, 6.45) is -0.0355. The van der Waals surface area contributed by atoms with Crippen molar-refractivity contribution in [1.82, 2.24) is 0 Å². The number of ether oxygens (including phenoxy) is 1. The minimum atomic E-state index is -3.78. The first-order chi connectivity index (χ1) is 9.11. The van der Waals surface area contributed by atoms with E-state index in [2.05, 4.69) is 5.32 Å². The monoisotopic (exact) mass is 319 g/mol. The predicted octanol–water partition coefficient (Wildman–Crippen LogP) is 2.59. The van der Waals surface area contributed by atoms with Gasteiger partial charge < -0.3 is 10.1 Å². The maximum Gasteiger partial charge on any atom is 0.261 e. The second-order valence-electron chi connectivity index (χ2n) is 4.78. The van der Waals surface area contributed by atoms with Crippen LogP contribution in [0.25, 0.3) is 0 Å². The van der Waals surface area contributed by atoms with Crippen LogP contribution in [0.3, 0.4) is 0 Å². The standard InChI is InChI=1S/C13H18ClNO4S/c1-8(2)19-7-12(16)15-13-9(3)5-11(6-10(13)4)20(14,17)18/h5-6,8H,7H2,1-4H3,(H,15,16). The summed E-state index contributed by atoms with van der Waals surface area (Å²) < 4.78 is 27.8. The molecule has 0 saturated heterocycles. The Morgan fingerprint density at radius 2 is 1.80 bits per heavy atom. The van der Waals surface area contributed by atoms with Gasteiger partial charge in [0.2, 0.25) is 5.91 Å². The van der Waals surface area contributed by atoms with E-state index >= 15 is 0 Å². The fraction of sp³-hybridized carbons (Fsp3) is 0.462. The summed E-state index contributed by atoms with van der Waals surface area (Å²) in [5.41, 5.74) is 1.83. The van der Waals surface area contributed by atoms with Gasteiger partial charge in [-0.15, -0.1) is 0 Å². The molecule has 0 aromatic heterocycles. The lowest BCUT2D eigenvalue weighted by Crippen LogP contribution is -2.21. The van der Waals surface area contributed by atoms with Gasteiger partial charge in [0, 0.05) is 16.4 Å². The number of rotatable bonds is 5. The van der Waals surface area contributed by atoms with Gasteiger partial charge in [0.05, 0.1) is 11.0 Å². The lowest BCUT2D eigenvalue weighted by atomic mass is 10.1. The van der Waals surface area contributed by atoms with Crippen LogP contribution in [0.5, 0.6) is 0 Å². The Balaban J connectivity index is 2.95. The van der Waals surface area contributed by atoms with Crippen molar-refractivity contribution >= 4 is 31.3 Å². The topological polar surface area (TPSA) is 72.5 Å². The molecule has 112 valence electrons. The summed E-state index contributed by atoms with van der Waals surface area (Å²) in [6, 6.07) is 2.85. The highest BCUT2D eigenvalue weighted by Gasteiger charge is 2.15. The van der Waals surface area contributed by atoms with Gasteiger partial charge in [-0.3, -0.25) is 4.79 Å². The number of halogens is 1. The number of carbonyl (C=O) groups is 1. The molecular formula is C13H18ClNO4S. The summed E-state index contributed by atoms with van der Waals surface area (Å²) in [6.45, 7) is 7.04. The van der Waals surface area contributed by atoms with Gasteiger partial charge in [0.25, 0.3) is 9.05 Å². The third-order valence-electron chi connectivity index (χ3n) is 2.60. The van der Waals surface area contributed by atoms with Crippen molar-refractivity contribution in [1.29, 1.82) is 0 Å². The number of anilines is 1. The SMILES string of the molecule is Cc1cc(S(=O)(=O)Cl)cc(C)c1NC(=O)COC(C)C. The van der Waals surface area contributed by atoms with Crippen LogP contribution in [0, 0.1) is 13.8 Å². The molecule has 20 heavy (non-hydrogen) atoms. The number of benzene rings is 1. The lowest BCUT2D eigenvalue weighted by Gasteiger charge is -2.14. The van der Waals surface area contributed by atoms with Crippen molar-refractivity contribution in [3.8, 4) is 0 Å². The smallest absolute Gasteiger partial charge is 0.261 e. The van der Waals surface area contributed by atoms with Gasteiger partial charge in [-0.25, -0.2) is 8.42 Å². The van der Waals surface area contributed by atoms with Crippen molar-refractivity contribution in [2.24, 2.45) is 0 Å². The Morgan fingerprint density at radius 1 is 1.30 bits per heavy atom. The van der Waals surface area contributed by atoms with Crippen LogP contribution >= 0.6 is 10.7 Å². The number of hydrogen-bond donors (Lipinski definition) is 1. The van der Waals surface area contributed by atoms with Crippen LogP contribution < -0.4 is 5.32 Å². The summed E-state index contributed by atoms with van der Waals surface area (Å²) in [4.78, 5) is 11.7. The molecule has 0 atom stereocenters. The largest absolute Gasteiger partial charge is 0.369 e. The molecular weight excluding hydrogens is 302 g/mol. The normalized spacial score (nSPS) is 11.7. The highest BCUT2D eigenvalue weighted by molar-refractivity contribution is 8.13. The van der Waals surface area contributed by atoms with E-state index in [1.807, 2.05) is 13.8 Å². The van der Waals surface area contributed by atoms with E-state index in [1.165, 1.54) is 12.1 Å². The second kappa shape index (κ2) is 6.56. The van der Waals surface area contributed by atoms with Gasteiger partial charge in [0.15, 0.2) is 0 Å². The van der Waals surface area contributed by atoms with Gasteiger partial charge in [-0.1, -0.05) is 0 Å². The van der Waals surface area contributed by atoms with Crippen LogP contribution in [0.1, 0.15) is 25.0 Å². The first-order valence-electron chi connectivity index (χ1n) is 6.08. The van der Waals surface area contributed by atoms with Gasteiger partial charge in [-0.05, 0) is 51.0 Å². The molecule has 0 spiro atoms. The molecule has 0 aliphatic carbocycles. The molecule has 0 saturated carbocycles. The van der Waals surface area contributed by atoms with E-state index in [4.69, 9.17) is 15.4 Å². The molecule has 1 N–H and O–H groups in total. The molecule has 5 nitrogen and oxygen atoms in total. The van der Waals surface area contributed by atoms with Crippen LogP contribution in [-0.4, -0.2) is 27.0 Å². The van der Waals surface area contributed by atoms with Gasteiger partial charge in [0.1, 0.15) is 6.61 Å². The number of carbonyl (C=O) groups excluding carboxylic acids is 1. The summed E-state index contributed by atoms with van der Waals surface area (Å²) in [5, 5.41) is 2.71. The van der Waals surface area contributed by atoms with Crippen molar-refractivity contribution < 1.29 is 17.9 Å². The van der Waals surface area contributed by atoms with Crippen LogP contribution in [-0.2, 0) is 18.6 Å². The molecule has 0 heterocycles. The average molecular weight is 320 g/mol. The van der Waals surface area contributed by atoms with E-state index in [-0.39, 0.29) is 23.5 Å². The number of amides is 1.